The molecule has 0 saturated carbocycles. The third-order valence-electron chi connectivity index (χ3n) is 3.57. The lowest BCUT2D eigenvalue weighted by Crippen LogP contribution is -2.31. The van der Waals surface area contributed by atoms with Crippen LogP contribution in [0.2, 0.25) is 0 Å². The Morgan fingerprint density at radius 3 is 2.78 bits per heavy atom. The number of aromatic nitrogens is 1. The van der Waals surface area contributed by atoms with Gasteiger partial charge in [0, 0.05) is 12.7 Å². The highest BCUT2D eigenvalue weighted by atomic mass is 79.9. The molecule has 0 spiro atoms. The molecule has 0 aliphatic carbocycles. The van der Waals surface area contributed by atoms with E-state index < -0.39 is 15.8 Å². The van der Waals surface area contributed by atoms with Crippen LogP contribution >= 0.6 is 15.9 Å². The van der Waals surface area contributed by atoms with E-state index in [0.717, 1.165) is 6.07 Å². The highest BCUT2D eigenvalue weighted by Crippen LogP contribution is 2.27. The van der Waals surface area contributed by atoms with Crippen LogP contribution in [0, 0.1) is 5.82 Å². The average molecular weight is 401 g/mol. The minimum absolute atomic E-state index is 0.166. The molecule has 0 N–H and O–H groups in total. The summed E-state index contributed by atoms with van der Waals surface area (Å²) in [6.45, 7) is 0.450. The first kappa shape index (κ1) is 16.4. The molecule has 1 aromatic heterocycles. The molecule has 2 heterocycles. The van der Waals surface area contributed by atoms with Crippen LogP contribution in [0.4, 0.5) is 4.39 Å². The number of hydrogen-bond donors (Lipinski definition) is 0. The monoisotopic (exact) mass is 400 g/mol. The van der Waals surface area contributed by atoms with E-state index in [4.69, 9.17) is 4.74 Å². The standard InChI is InChI=1S/C15H14BrFN2O3S/c16-12-4-3-8-18-15(12)22-11-7-9-19(10-11)23(20,21)14-6-2-1-5-13(14)17/h1-6,8,11H,7,9-10H2. The lowest BCUT2D eigenvalue weighted by atomic mass is 10.3. The van der Waals surface area contributed by atoms with Gasteiger partial charge in [0.15, 0.2) is 0 Å². The van der Waals surface area contributed by atoms with Crippen LogP contribution in [0.1, 0.15) is 6.42 Å². The van der Waals surface area contributed by atoms with Crippen molar-refractivity contribution < 1.29 is 17.5 Å². The Labute approximate surface area is 142 Å². The van der Waals surface area contributed by atoms with Crippen LogP contribution in [-0.2, 0) is 10.0 Å². The first-order valence-corrected chi connectivity index (χ1v) is 9.23. The van der Waals surface area contributed by atoms with Gasteiger partial charge in [-0.05, 0) is 46.6 Å². The maximum atomic E-state index is 13.8. The highest BCUT2D eigenvalue weighted by Gasteiger charge is 2.35. The van der Waals surface area contributed by atoms with E-state index in [0.29, 0.717) is 16.8 Å². The van der Waals surface area contributed by atoms with Crippen molar-refractivity contribution in [2.24, 2.45) is 0 Å². The zero-order valence-electron chi connectivity index (χ0n) is 12.0. The Morgan fingerprint density at radius 1 is 1.26 bits per heavy atom. The van der Waals surface area contributed by atoms with Gasteiger partial charge in [-0.15, -0.1) is 0 Å². The minimum Gasteiger partial charge on any atom is -0.472 e. The van der Waals surface area contributed by atoms with Crippen molar-refractivity contribution in [3.8, 4) is 5.88 Å². The topological polar surface area (TPSA) is 59.5 Å². The predicted octanol–water partition coefficient (Wildman–Crippen LogP) is 2.83. The lowest BCUT2D eigenvalue weighted by Gasteiger charge is -2.17. The van der Waals surface area contributed by atoms with Crippen LogP contribution < -0.4 is 4.74 Å². The number of sulfonamides is 1. The fraction of sp³-hybridized carbons (Fsp3) is 0.267. The molecule has 5 nitrogen and oxygen atoms in total. The third-order valence-corrected chi connectivity index (χ3v) is 6.07. The van der Waals surface area contributed by atoms with Crippen LogP contribution in [0.3, 0.4) is 0 Å². The third kappa shape index (κ3) is 3.39. The second kappa shape index (κ2) is 6.54. The number of rotatable bonds is 4. The van der Waals surface area contributed by atoms with Crippen LogP contribution in [0.15, 0.2) is 52.0 Å². The summed E-state index contributed by atoms with van der Waals surface area (Å²) in [7, 11) is -3.86. The molecule has 1 aliphatic heterocycles. The van der Waals surface area contributed by atoms with Crippen molar-refractivity contribution in [3.05, 3.63) is 52.9 Å². The van der Waals surface area contributed by atoms with Gasteiger partial charge < -0.3 is 4.74 Å². The van der Waals surface area contributed by atoms with Gasteiger partial charge in [-0.3, -0.25) is 0 Å². The van der Waals surface area contributed by atoms with E-state index in [1.165, 1.54) is 22.5 Å². The van der Waals surface area contributed by atoms with Gasteiger partial charge in [-0.25, -0.2) is 17.8 Å². The molecular formula is C15H14BrFN2O3S. The number of benzene rings is 1. The van der Waals surface area contributed by atoms with Gasteiger partial charge >= 0.3 is 0 Å². The van der Waals surface area contributed by atoms with Crippen molar-refractivity contribution in [3.63, 3.8) is 0 Å². The fourth-order valence-corrected chi connectivity index (χ4v) is 4.32. The fourth-order valence-electron chi connectivity index (χ4n) is 2.42. The Kier molecular flexibility index (Phi) is 4.65. The Hall–Kier alpha value is -1.51. The molecule has 1 fully saturated rings. The van der Waals surface area contributed by atoms with Gasteiger partial charge in [0.25, 0.3) is 0 Å². The summed E-state index contributed by atoms with van der Waals surface area (Å²) < 4.78 is 46.5. The summed E-state index contributed by atoms with van der Waals surface area (Å²) in [6.07, 6.45) is 1.81. The maximum absolute atomic E-state index is 13.8. The normalized spacial score (nSPS) is 19.0. The van der Waals surface area contributed by atoms with E-state index in [1.54, 1.807) is 18.3 Å². The smallest absolute Gasteiger partial charge is 0.246 e. The lowest BCUT2D eigenvalue weighted by molar-refractivity contribution is 0.205. The van der Waals surface area contributed by atoms with E-state index in [-0.39, 0.29) is 24.1 Å². The van der Waals surface area contributed by atoms with Crippen molar-refractivity contribution >= 4 is 26.0 Å². The summed E-state index contributed by atoms with van der Waals surface area (Å²) >= 11 is 3.34. The molecular weight excluding hydrogens is 387 g/mol. The number of halogens is 2. The highest BCUT2D eigenvalue weighted by molar-refractivity contribution is 9.10. The SMILES string of the molecule is O=S(=O)(c1ccccc1F)N1CCC(Oc2ncccc2Br)C1. The second-order valence-electron chi connectivity index (χ2n) is 5.11. The molecule has 1 atom stereocenters. The van der Waals surface area contributed by atoms with E-state index in [1.807, 2.05) is 0 Å². The molecule has 1 saturated heterocycles. The van der Waals surface area contributed by atoms with Crippen molar-refractivity contribution in [1.29, 1.82) is 0 Å². The molecule has 0 radical (unpaired) electrons. The second-order valence-corrected chi connectivity index (χ2v) is 7.87. The van der Waals surface area contributed by atoms with Gasteiger partial charge in [0.05, 0.1) is 11.0 Å². The summed E-state index contributed by atoms with van der Waals surface area (Å²) in [6, 6.07) is 8.94. The van der Waals surface area contributed by atoms with Gasteiger partial charge in [0.2, 0.25) is 15.9 Å². The van der Waals surface area contributed by atoms with Crippen LogP contribution in [0.5, 0.6) is 5.88 Å². The van der Waals surface area contributed by atoms with Crippen molar-refractivity contribution in [2.45, 2.75) is 17.4 Å². The first-order valence-electron chi connectivity index (χ1n) is 7.00. The van der Waals surface area contributed by atoms with Crippen LogP contribution in [-0.4, -0.2) is 36.9 Å². The van der Waals surface area contributed by atoms with Gasteiger partial charge in [-0.1, -0.05) is 12.1 Å². The molecule has 1 aliphatic rings. The minimum atomic E-state index is -3.86. The Bertz CT molecular complexity index is 816. The number of pyridine rings is 1. The van der Waals surface area contributed by atoms with Crippen molar-refractivity contribution in [2.75, 3.05) is 13.1 Å². The van der Waals surface area contributed by atoms with E-state index in [9.17, 15) is 12.8 Å². The summed E-state index contributed by atoms with van der Waals surface area (Å²) in [5.41, 5.74) is 0. The molecule has 1 unspecified atom stereocenters. The molecule has 0 amide bonds. The first-order chi connectivity index (χ1) is 11.0. The molecule has 23 heavy (non-hydrogen) atoms. The Balaban J connectivity index is 1.75. The molecule has 122 valence electrons. The van der Waals surface area contributed by atoms with Crippen LogP contribution in [0.25, 0.3) is 0 Å². The molecule has 0 bridgehead atoms. The Morgan fingerprint density at radius 2 is 2.04 bits per heavy atom. The number of hydrogen-bond acceptors (Lipinski definition) is 4. The maximum Gasteiger partial charge on any atom is 0.246 e. The van der Waals surface area contributed by atoms with Crippen molar-refractivity contribution in [1.82, 2.24) is 9.29 Å². The predicted molar refractivity (Wildman–Crippen MR) is 86.1 cm³/mol. The summed E-state index contributed by atoms with van der Waals surface area (Å²) in [5, 5.41) is 0. The molecule has 3 rings (SSSR count). The molecule has 2 aromatic rings. The average Bonchev–Trinajstić information content (AvgIpc) is 2.99. The zero-order valence-corrected chi connectivity index (χ0v) is 14.4. The van der Waals surface area contributed by atoms with E-state index >= 15 is 0 Å². The molecule has 1 aromatic carbocycles. The molecule has 8 heteroatoms. The largest absolute Gasteiger partial charge is 0.472 e. The summed E-state index contributed by atoms with van der Waals surface area (Å²) in [5.74, 6) is -0.327. The number of nitrogens with zero attached hydrogens (tertiary/aromatic N) is 2. The van der Waals surface area contributed by atoms with Gasteiger partial charge in [0.1, 0.15) is 16.8 Å². The summed E-state index contributed by atoms with van der Waals surface area (Å²) in [4.78, 5) is 3.80. The quantitative estimate of drug-likeness (QED) is 0.791. The zero-order chi connectivity index (χ0) is 16.4. The number of ether oxygens (including phenoxy) is 1. The van der Waals surface area contributed by atoms with E-state index in [2.05, 4.69) is 20.9 Å². The van der Waals surface area contributed by atoms with Gasteiger partial charge in [-0.2, -0.15) is 4.31 Å².